The number of amides is 2. The fraction of sp³-hybridized carbons (Fsp3) is 0.556. The Bertz CT molecular complexity index is 687. The lowest BCUT2D eigenvalue weighted by molar-refractivity contribution is -0.384. The zero-order chi connectivity index (χ0) is 19.2. The van der Waals surface area contributed by atoms with Gasteiger partial charge in [0.2, 0.25) is 5.91 Å². The minimum Gasteiger partial charge on any atom is -0.445 e. The van der Waals surface area contributed by atoms with Gasteiger partial charge in [-0.25, -0.2) is 4.79 Å². The normalized spacial score (nSPS) is 20.2. The molecule has 9 nitrogen and oxygen atoms in total. The van der Waals surface area contributed by atoms with E-state index in [1.807, 2.05) is 4.90 Å². The fourth-order valence-corrected chi connectivity index (χ4v) is 3.39. The third-order valence-corrected chi connectivity index (χ3v) is 4.93. The Morgan fingerprint density at radius 3 is 2.48 bits per heavy atom. The molecule has 2 fully saturated rings. The summed E-state index contributed by atoms with van der Waals surface area (Å²) in [6.45, 7) is 3.07. The van der Waals surface area contributed by atoms with E-state index < -0.39 is 11.0 Å². The highest BCUT2D eigenvalue weighted by molar-refractivity contribution is 5.82. The number of rotatable bonds is 4. The standard InChI is InChI=1S/C18H24N4O5/c23-17(16-3-1-8-19-16)20-9-2-10-21(12-11-20)18(24)27-13-14-4-6-15(7-5-14)22(25)26/h4-7,16,19H,1-3,8-13H2. The van der Waals surface area contributed by atoms with Crippen LogP contribution >= 0.6 is 0 Å². The molecule has 1 N–H and O–H groups in total. The first kappa shape index (κ1) is 19.1. The molecule has 0 radical (unpaired) electrons. The summed E-state index contributed by atoms with van der Waals surface area (Å²) in [5.41, 5.74) is 0.687. The average Bonchev–Trinajstić information content (AvgIpc) is 3.10. The number of benzene rings is 1. The van der Waals surface area contributed by atoms with Gasteiger partial charge in [-0.15, -0.1) is 0 Å². The van der Waals surface area contributed by atoms with Crippen LogP contribution in [0.3, 0.4) is 0 Å². The quantitative estimate of drug-likeness (QED) is 0.631. The highest BCUT2D eigenvalue weighted by Gasteiger charge is 2.29. The largest absolute Gasteiger partial charge is 0.445 e. The van der Waals surface area contributed by atoms with Crippen molar-refractivity contribution in [1.82, 2.24) is 15.1 Å². The predicted octanol–water partition coefficient (Wildman–Crippen LogP) is 1.52. The van der Waals surface area contributed by atoms with Crippen LogP contribution in [0, 0.1) is 10.1 Å². The van der Waals surface area contributed by atoms with Crippen molar-refractivity contribution in [1.29, 1.82) is 0 Å². The molecule has 9 heteroatoms. The van der Waals surface area contributed by atoms with Crippen molar-refractivity contribution in [2.45, 2.75) is 31.9 Å². The van der Waals surface area contributed by atoms with Crippen LogP contribution in [-0.4, -0.2) is 65.5 Å². The molecule has 0 bridgehead atoms. The summed E-state index contributed by atoms with van der Waals surface area (Å²) in [5, 5.41) is 13.9. The minimum atomic E-state index is -0.471. The second-order valence-corrected chi connectivity index (χ2v) is 6.79. The van der Waals surface area contributed by atoms with Crippen molar-refractivity contribution in [3.05, 3.63) is 39.9 Å². The van der Waals surface area contributed by atoms with E-state index in [4.69, 9.17) is 4.74 Å². The van der Waals surface area contributed by atoms with Crippen LogP contribution in [0.1, 0.15) is 24.8 Å². The number of carbonyl (C=O) groups excluding carboxylic acids is 2. The summed E-state index contributed by atoms with van der Waals surface area (Å²) in [6.07, 6.45) is 2.17. The SMILES string of the molecule is O=C(OCc1ccc([N+](=O)[O-])cc1)N1CCCN(C(=O)C2CCCN2)CC1. The zero-order valence-electron chi connectivity index (χ0n) is 15.1. The Hall–Kier alpha value is -2.68. The highest BCUT2D eigenvalue weighted by atomic mass is 16.6. The zero-order valence-corrected chi connectivity index (χ0v) is 15.1. The Morgan fingerprint density at radius 1 is 1.11 bits per heavy atom. The number of hydrogen-bond acceptors (Lipinski definition) is 6. The molecule has 0 saturated carbocycles. The summed E-state index contributed by atoms with van der Waals surface area (Å²) in [5.74, 6) is 0.119. The number of ether oxygens (including phenoxy) is 1. The van der Waals surface area contributed by atoms with E-state index in [9.17, 15) is 19.7 Å². The monoisotopic (exact) mass is 376 g/mol. The number of carbonyl (C=O) groups is 2. The van der Waals surface area contributed by atoms with Crippen LogP contribution in [0.15, 0.2) is 24.3 Å². The first-order valence-electron chi connectivity index (χ1n) is 9.22. The number of nitrogens with one attached hydrogen (secondary N) is 1. The molecule has 2 aliphatic rings. The smallest absolute Gasteiger partial charge is 0.410 e. The molecule has 1 atom stereocenters. The van der Waals surface area contributed by atoms with E-state index in [0.717, 1.165) is 19.4 Å². The van der Waals surface area contributed by atoms with Crippen LogP contribution in [0.4, 0.5) is 10.5 Å². The predicted molar refractivity (Wildman–Crippen MR) is 97.1 cm³/mol. The molecule has 27 heavy (non-hydrogen) atoms. The number of hydrogen-bond donors (Lipinski definition) is 1. The lowest BCUT2D eigenvalue weighted by atomic mass is 10.2. The molecule has 2 heterocycles. The van der Waals surface area contributed by atoms with Crippen LogP contribution in [0.5, 0.6) is 0 Å². The van der Waals surface area contributed by atoms with Crippen molar-refractivity contribution >= 4 is 17.7 Å². The average molecular weight is 376 g/mol. The van der Waals surface area contributed by atoms with Crippen molar-refractivity contribution in [2.75, 3.05) is 32.7 Å². The molecule has 2 saturated heterocycles. The van der Waals surface area contributed by atoms with Gasteiger partial charge in [-0.05, 0) is 43.5 Å². The summed E-state index contributed by atoms with van der Waals surface area (Å²) < 4.78 is 5.32. The van der Waals surface area contributed by atoms with E-state index in [1.165, 1.54) is 12.1 Å². The number of nitrogens with zero attached hydrogens (tertiary/aromatic N) is 3. The third-order valence-electron chi connectivity index (χ3n) is 4.93. The molecule has 2 aliphatic heterocycles. The summed E-state index contributed by atoms with van der Waals surface area (Å²) in [7, 11) is 0. The third kappa shape index (κ3) is 4.94. The molecule has 0 aromatic heterocycles. The molecule has 1 aromatic carbocycles. The molecule has 1 aromatic rings. The topological polar surface area (TPSA) is 105 Å². The van der Waals surface area contributed by atoms with E-state index in [0.29, 0.717) is 38.2 Å². The summed E-state index contributed by atoms with van der Waals surface area (Å²) in [6, 6.07) is 5.82. The van der Waals surface area contributed by atoms with Gasteiger partial charge in [-0.1, -0.05) is 0 Å². The number of nitro groups is 1. The van der Waals surface area contributed by atoms with Gasteiger partial charge in [0.15, 0.2) is 0 Å². The highest BCUT2D eigenvalue weighted by Crippen LogP contribution is 2.14. The molecular formula is C18H24N4O5. The maximum atomic E-state index is 12.5. The molecule has 0 spiro atoms. The fourth-order valence-electron chi connectivity index (χ4n) is 3.39. The number of non-ortho nitro benzene ring substituents is 1. The number of nitro benzene ring substituents is 1. The molecule has 2 amide bonds. The van der Waals surface area contributed by atoms with Gasteiger partial charge in [0.25, 0.3) is 5.69 Å². The van der Waals surface area contributed by atoms with Gasteiger partial charge in [0.05, 0.1) is 11.0 Å². The van der Waals surface area contributed by atoms with E-state index >= 15 is 0 Å². The van der Waals surface area contributed by atoms with Gasteiger partial charge in [-0.3, -0.25) is 14.9 Å². The first-order valence-corrected chi connectivity index (χ1v) is 9.22. The van der Waals surface area contributed by atoms with Crippen LogP contribution in [-0.2, 0) is 16.1 Å². The van der Waals surface area contributed by atoms with Crippen LogP contribution < -0.4 is 5.32 Å². The molecule has 1 unspecified atom stereocenters. The Kier molecular flexibility index (Phi) is 6.23. The lowest BCUT2D eigenvalue weighted by Gasteiger charge is -2.24. The molecule has 146 valence electrons. The molecule has 0 aliphatic carbocycles. The maximum absolute atomic E-state index is 12.5. The first-order chi connectivity index (χ1) is 13.0. The Morgan fingerprint density at radius 2 is 1.81 bits per heavy atom. The van der Waals surface area contributed by atoms with Gasteiger partial charge in [0.1, 0.15) is 6.61 Å². The Balaban J connectivity index is 1.47. The summed E-state index contributed by atoms with van der Waals surface area (Å²) in [4.78, 5) is 38.4. The Labute approximate surface area is 157 Å². The second-order valence-electron chi connectivity index (χ2n) is 6.79. The lowest BCUT2D eigenvalue weighted by Crippen LogP contribution is -2.45. The minimum absolute atomic E-state index is 0.000828. The van der Waals surface area contributed by atoms with E-state index in [2.05, 4.69) is 5.32 Å². The maximum Gasteiger partial charge on any atom is 0.410 e. The van der Waals surface area contributed by atoms with Gasteiger partial charge >= 0.3 is 6.09 Å². The van der Waals surface area contributed by atoms with E-state index in [-0.39, 0.29) is 24.2 Å². The molecule has 3 rings (SSSR count). The van der Waals surface area contributed by atoms with Crippen LogP contribution in [0.25, 0.3) is 0 Å². The van der Waals surface area contributed by atoms with Crippen molar-refractivity contribution in [3.63, 3.8) is 0 Å². The molecular weight excluding hydrogens is 352 g/mol. The second kappa shape index (κ2) is 8.81. The van der Waals surface area contributed by atoms with Crippen molar-refractivity contribution in [3.8, 4) is 0 Å². The van der Waals surface area contributed by atoms with Gasteiger partial charge < -0.3 is 19.9 Å². The van der Waals surface area contributed by atoms with Crippen LogP contribution in [0.2, 0.25) is 0 Å². The van der Waals surface area contributed by atoms with Gasteiger partial charge in [0, 0.05) is 38.3 Å². The van der Waals surface area contributed by atoms with E-state index in [1.54, 1.807) is 17.0 Å². The summed E-state index contributed by atoms with van der Waals surface area (Å²) >= 11 is 0. The van der Waals surface area contributed by atoms with Gasteiger partial charge in [-0.2, -0.15) is 0 Å². The van der Waals surface area contributed by atoms with Crippen molar-refractivity contribution in [2.24, 2.45) is 0 Å². The van der Waals surface area contributed by atoms with Crippen molar-refractivity contribution < 1.29 is 19.2 Å².